The Labute approximate surface area is 82.5 Å². The number of aliphatic imine (C=N–C) groups is 1. The molecule has 1 rings (SSSR count). The average molecular weight is 197 g/mol. The number of unbranched alkanes of at least 4 members (excludes halogenated alkanes) is 1. The van der Waals surface area contributed by atoms with E-state index >= 15 is 0 Å². The molecule has 76 valence electrons. The van der Waals surface area contributed by atoms with Gasteiger partial charge in [0.2, 0.25) is 0 Å². The summed E-state index contributed by atoms with van der Waals surface area (Å²) in [7, 11) is 0. The van der Waals surface area contributed by atoms with Gasteiger partial charge >= 0.3 is 0 Å². The Morgan fingerprint density at radius 2 is 1.93 bits per heavy atom. The van der Waals surface area contributed by atoms with Gasteiger partial charge in [0.15, 0.2) is 0 Å². The van der Waals surface area contributed by atoms with E-state index in [2.05, 4.69) is 4.99 Å². The van der Waals surface area contributed by atoms with E-state index in [1.54, 1.807) is 0 Å². The molecule has 3 heteroatoms. The molecule has 0 aromatic heterocycles. The first-order chi connectivity index (χ1) is 6.75. The van der Waals surface area contributed by atoms with Crippen LogP contribution in [-0.4, -0.2) is 12.8 Å². The second-order valence-electron chi connectivity index (χ2n) is 3.02. The summed E-state index contributed by atoms with van der Waals surface area (Å²) in [5.74, 6) is -1.13. The van der Waals surface area contributed by atoms with Crippen LogP contribution in [-0.2, 0) is 0 Å². The fraction of sp³-hybridized carbons (Fsp3) is 0.364. The van der Waals surface area contributed by atoms with Gasteiger partial charge in [-0.25, -0.2) is 8.78 Å². The quantitative estimate of drug-likeness (QED) is 0.519. The summed E-state index contributed by atoms with van der Waals surface area (Å²) >= 11 is 0. The molecule has 0 fully saturated rings. The fourth-order valence-electron chi connectivity index (χ4n) is 1.04. The van der Waals surface area contributed by atoms with Gasteiger partial charge in [-0.3, -0.25) is 4.99 Å². The Bertz CT molecular complexity index is 301. The normalized spacial score (nSPS) is 11.1. The van der Waals surface area contributed by atoms with Gasteiger partial charge in [0.25, 0.3) is 0 Å². The van der Waals surface area contributed by atoms with Gasteiger partial charge in [0.1, 0.15) is 11.6 Å². The van der Waals surface area contributed by atoms with Crippen molar-refractivity contribution < 1.29 is 8.78 Å². The Morgan fingerprint density at radius 3 is 2.50 bits per heavy atom. The van der Waals surface area contributed by atoms with E-state index in [0.29, 0.717) is 6.54 Å². The molecule has 0 spiro atoms. The Morgan fingerprint density at radius 1 is 1.29 bits per heavy atom. The second-order valence-corrected chi connectivity index (χ2v) is 3.02. The number of nitrogens with zero attached hydrogens (tertiary/aromatic N) is 1. The highest BCUT2D eigenvalue weighted by molar-refractivity contribution is 5.80. The van der Waals surface area contributed by atoms with E-state index in [-0.39, 0.29) is 5.56 Å². The maximum atomic E-state index is 13.0. The van der Waals surface area contributed by atoms with Crippen LogP contribution in [0.15, 0.2) is 23.2 Å². The summed E-state index contributed by atoms with van der Waals surface area (Å²) in [6, 6.07) is 3.79. The molecule has 1 nitrogen and oxygen atoms in total. The van der Waals surface area contributed by atoms with Crippen molar-refractivity contribution in [1.82, 2.24) is 0 Å². The maximum Gasteiger partial charge on any atom is 0.134 e. The van der Waals surface area contributed by atoms with E-state index < -0.39 is 11.6 Å². The zero-order chi connectivity index (χ0) is 10.4. The molecule has 14 heavy (non-hydrogen) atoms. The molecule has 0 heterocycles. The molecule has 0 unspecified atom stereocenters. The number of halogens is 2. The molecule has 0 aliphatic rings. The molecule has 0 atom stereocenters. The van der Waals surface area contributed by atoms with E-state index in [0.717, 1.165) is 12.8 Å². The van der Waals surface area contributed by atoms with Crippen molar-refractivity contribution in [2.24, 2.45) is 4.99 Å². The van der Waals surface area contributed by atoms with Crippen LogP contribution >= 0.6 is 0 Å². The first-order valence-corrected chi connectivity index (χ1v) is 4.69. The zero-order valence-corrected chi connectivity index (χ0v) is 8.13. The van der Waals surface area contributed by atoms with Crippen molar-refractivity contribution in [3.63, 3.8) is 0 Å². The molecule has 1 aromatic rings. The van der Waals surface area contributed by atoms with Gasteiger partial charge in [0, 0.05) is 12.8 Å². The highest BCUT2D eigenvalue weighted by Crippen LogP contribution is 2.09. The van der Waals surface area contributed by atoms with Gasteiger partial charge in [0.05, 0.1) is 5.56 Å². The van der Waals surface area contributed by atoms with Crippen molar-refractivity contribution in [3.8, 4) is 0 Å². The fourth-order valence-corrected chi connectivity index (χ4v) is 1.04. The summed E-state index contributed by atoms with van der Waals surface area (Å²) in [5, 5.41) is 0. The van der Waals surface area contributed by atoms with Gasteiger partial charge < -0.3 is 0 Å². The summed E-state index contributed by atoms with van der Waals surface area (Å²) in [5.41, 5.74) is -0.0522. The molecule has 0 amide bonds. The summed E-state index contributed by atoms with van der Waals surface area (Å²) in [6.07, 6.45) is 3.23. The molecule has 0 saturated heterocycles. The second kappa shape index (κ2) is 5.47. The van der Waals surface area contributed by atoms with Crippen LogP contribution < -0.4 is 0 Å². The Hall–Kier alpha value is -1.25. The van der Waals surface area contributed by atoms with Crippen molar-refractivity contribution in [2.75, 3.05) is 6.54 Å². The Kier molecular flexibility index (Phi) is 4.23. The smallest absolute Gasteiger partial charge is 0.134 e. The predicted molar refractivity (Wildman–Crippen MR) is 53.7 cm³/mol. The minimum absolute atomic E-state index is 0.0522. The molecule has 0 N–H and O–H groups in total. The minimum Gasteiger partial charge on any atom is -0.292 e. The average Bonchev–Trinajstić information content (AvgIpc) is 2.16. The Balaban J connectivity index is 2.70. The maximum absolute atomic E-state index is 13.0. The molecular weight excluding hydrogens is 184 g/mol. The van der Waals surface area contributed by atoms with Crippen LogP contribution in [0.2, 0.25) is 0 Å². The highest BCUT2D eigenvalue weighted by atomic mass is 19.1. The molecule has 0 radical (unpaired) electrons. The SMILES string of the molecule is CCCC/N=C/c1c(F)cccc1F. The zero-order valence-electron chi connectivity index (χ0n) is 8.13. The van der Waals surface area contributed by atoms with E-state index in [1.807, 2.05) is 6.92 Å². The van der Waals surface area contributed by atoms with Gasteiger partial charge in [-0.05, 0) is 18.6 Å². The molecule has 1 aromatic carbocycles. The highest BCUT2D eigenvalue weighted by Gasteiger charge is 2.04. The molecule has 0 saturated carbocycles. The van der Waals surface area contributed by atoms with Crippen molar-refractivity contribution in [3.05, 3.63) is 35.4 Å². The van der Waals surface area contributed by atoms with Crippen molar-refractivity contribution in [1.29, 1.82) is 0 Å². The van der Waals surface area contributed by atoms with Crippen LogP contribution in [0.5, 0.6) is 0 Å². The number of hydrogen-bond acceptors (Lipinski definition) is 1. The van der Waals surface area contributed by atoms with Gasteiger partial charge in [-0.1, -0.05) is 19.4 Å². The first-order valence-electron chi connectivity index (χ1n) is 4.69. The summed E-state index contributed by atoms with van der Waals surface area (Å²) in [4.78, 5) is 3.95. The third-order valence-corrected chi connectivity index (χ3v) is 1.86. The number of rotatable bonds is 4. The van der Waals surface area contributed by atoms with Crippen LogP contribution in [0, 0.1) is 11.6 Å². The lowest BCUT2D eigenvalue weighted by atomic mass is 10.2. The van der Waals surface area contributed by atoms with Crippen molar-refractivity contribution in [2.45, 2.75) is 19.8 Å². The van der Waals surface area contributed by atoms with Crippen LogP contribution in [0.1, 0.15) is 25.3 Å². The topological polar surface area (TPSA) is 12.4 Å². The third-order valence-electron chi connectivity index (χ3n) is 1.86. The predicted octanol–water partition coefficient (Wildman–Crippen LogP) is 3.18. The third kappa shape index (κ3) is 2.91. The standard InChI is InChI=1S/C11H13F2N/c1-2-3-7-14-8-9-10(12)5-4-6-11(9)13/h4-6,8H,2-3,7H2,1H3/b14-8+. The number of hydrogen-bond donors (Lipinski definition) is 0. The summed E-state index contributed by atoms with van der Waals surface area (Å²) < 4.78 is 26.1. The van der Waals surface area contributed by atoms with Crippen LogP contribution in [0.3, 0.4) is 0 Å². The van der Waals surface area contributed by atoms with Crippen molar-refractivity contribution >= 4 is 6.21 Å². The van der Waals surface area contributed by atoms with Crippen LogP contribution in [0.25, 0.3) is 0 Å². The minimum atomic E-state index is -0.565. The van der Waals surface area contributed by atoms with Gasteiger partial charge in [-0.2, -0.15) is 0 Å². The van der Waals surface area contributed by atoms with Crippen LogP contribution in [0.4, 0.5) is 8.78 Å². The molecule has 0 aliphatic carbocycles. The largest absolute Gasteiger partial charge is 0.292 e. The lowest BCUT2D eigenvalue weighted by molar-refractivity contribution is 0.580. The lowest BCUT2D eigenvalue weighted by Crippen LogP contribution is -1.94. The molecule has 0 bridgehead atoms. The van der Waals surface area contributed by atoms with E-state index in [1.165, 1.54) is 24.4 Å². The lowest BCUT2D eigenvalue weighted by Gasteiger charge is -1.97. The van der Waals surface area contributed by atoms with Gasteiger partial charge in [-0.15, -0.1) is 0 Å². The van der Waals surface area contributed by atoms with E-state index in [9.17, 15) is 8.78 Å². The van der Waals surface area contributed by atoms with E-state index in [4.69, 9.17) is 0 Å². The summed E-state index contributed by atoms with van der Waals surface area (Å²) in [6.45, 7) is 2.66. The molecule has 0 aliphatic heterocycles. The number of benzene rings is 1. The first kappa shape index (κ1) is 10.8. The molecular formula is C11H13F2N. The monoisotopic (exact) mass is 197 g/mol.